The minimum Gasteiger partial charge on any atom is -0.399 e. The highest BCUT2D eigenvalue weighted by atomic mass is 16.7. The molecule has 4 nitrogen and oxygen atoms in total. The molecule has 3 rings (SSSR count). The summed E-state index contributed by atoms with van der Waals surface area (Å²) in [4.78, 5) is 4.13. The molecule has 1 saturated carbocycles. The lowest BCUT2D eigenvalue weighted by Crippen LogP contribution is -2.41. The van der Waals surface area contributed by atoms with E-state index >= 15 is 0 Å². The van der Waals surface area contributed by atoms with Crippen molar-refractivity contribution in [1.82, 2.24) is 5.32 Å². The first-order valence-electron chi connectivity index (χ1n) is 8.69. The second-order valence-electron chi connectivity index (χ2n) is 7.75. The number of nitrogens with zero attached hydrogens (tertiary/aromatic N) is 1. The van der Waals surface area contributed by atoms with E-state index in [0.29, 0.717) is 0 Å². The lowest BCUT2D eigenvalue weighted by atomic mass is 9.79. The Morgan fingerprint density at radius 1 is 1.21 bits per heavy atom. The molecule has 1 N–H and O–H groups in total. The van der Waals surface area contributed by atoms with Crippen molar-refractivity contribution in [3.05, 3.63) is 36.0 Å². The van der Waals surface area contributed by atoms with Crippen LogP contribution < -0.4 is 10.8 Å². The van der Waals surface area contributed by atoms with E-state index < -0.39 is 0 Å². The lowest BCUT2D eigenvalue weighted by Gasteiger charge is -2.32. The molecule has 1 saturated heterocycles. The second kappa shape index (κ2) is 6.38. The number of rotatable bonds is 6. The summed E-state index contributed by atoms with van der Waals surface area (Å²) in [7, 11) is -0.332. The van der Waals surface area contributed by atoms with Crippen molar-refractivity contribution in [1.29, 1.82) is 0 Å². The van der Waals surface area contributed by atoms with E-state index in [-0.39, 0.29) is 18.3 Å². The lowest BCUT2D eigenvalue weighted by molar-refractivity contribution is 0.00578. The first kappa shape index (κ1) is 17.2. The minimum atomic E-state index is -0.332. The SMILES string of the molecule is C=N/C(=C\NCC1CC1)c1ccc(B2OC(C)(C)C(C)(C)O2)cc1. The summed E-state index contributed by atoms with van der Waals surface area (Å²) in [6.45, 7) is 13.0. The molecule has 0 bridgehead atoms. The molecule has 1 heterocycles. The van der Waals surface area contributed by atoms with Gasteiger partial charge in [0.2, 0.25) is 0 Å². The Hall–Kier alpha value is -1.59. The molecule has 2 aliphatic rings. The Kier molecular flexibility index (Phi) is 4.58. The first-order chi connectivity index (χ1) is 11.3. The highest BCUT2D eigenvalue weighted by Gasteiger charge is 2.51. The van der Waals surface area contributed by atoms with Crippen LogP contribution in [0.15, 0.2) is 35.5 Å². The van der Waals surface area contributed by atoms with Gasteiger partial charge < -0.3 is 14.6 Å². The normalized spacial score (nSPS) is 22.5. The van der Waals surface area contributed by atoms with E-state index in [4.69, 9.17) is 9.31 Å². The van der Waals surface area contributed by atoms with E-state index in [0.717, 1.165) is 29.2 Å². The summed E-state index contributed by atoms with van der Waals surface area (Å²) >= 11 is 0. The maximum atomic E-state index is 6.09. The van der Waals surface area contributed by atoms with Crippen LogP contribution in [0.3, 0.4) is 0 Å². The highest BCUT2D eigenvalue weighted by molar-refractivity contribution is 6.62. The van der Waals surface area contributed by atoms with Gasteiger partial charge in [-0.1, -0.05) is 24.3 Å². The molecule has 0 atom stereocenters. The summed E-state index contributed by atoms with van der Waals surface area (Å²) in [5.74, 6) is 0.832. The summed E-state index contributed by atoms with van der Waals surface area (Å²) in [5.41, 5.74) is 2.27. The molecule has 0 amide bonds. The zero-order chi connectivity index (χ0) is 17.4. The second-order valence-corrected chi connectivity index (χ2v) is 7.75. The molecule has 5 heteroatoms. The Labute approximate surface area is 145 Å². The Morgan fingerprint density at radius 2 is 1.79 bits per heavy atom. The molecule has 128 valence electrons. The largest absolute Gasteiger partial charge is 0.494 e. The van der Waals surface area contributed by atoms with Crippen LogP contribution in [0.2, 0.25) is 0 Å². The smallest absolute Gasteiger partial charge is 0.399 e. The summed E-state index contributed by atoms with van der Waals surface area (Å²) in [6, 6.07) is 8.16. The third-order valence-corrected chi connectivity index (χ3v) is 5.24. The van der Waals surface area contributed by atoms with Gasteiger partial charge >= 0.3 is 7.12 Å². The van der Waals surface area contributed by atoms with Gasteiger partial charge in [-0.2, -0.15) is 0 Å². The zero-order valence-electron chi connectivity index (χ0n) is 15.1. The maximum absolute atomic E-state index is 6.09. The number of hydrogen-bond donors (Lipinski definition) is 1. The summed E-state index contributed by atoms with van der Waals surface area (Å²) in [6.07, 6.45) is 4.62. The van der Waals surface area contributed by atoms with Crippen molar-refractivity contribution in [3.63, 3.8) is 0 Å². The van der Waals surface area contributed by atoms with E-state index in [1.165, 1.54) is 12.8 Å². The van der Waals surface area contributed by atoms with Crippen molar-refractivity contribution in [2.24, 2.45) is 10.9 Å². The molecule has 1 aromatic rings. The van der Waals surface area contributed by atoms with Crippen LogP contribution in [0.4, 0.5) is 0 Å². The van der Waals surface area contributed by atoms with Crippen LogP contribution in [0.5, 0.6) is 0 Å². The molecule has 0 spiro atoms. The van der Waals surface area contributed by atoms with Gasteiger partial charge in [-0.3, -0.25) is 4.99 Å². The number of nitrogens with one attached hydrogen (secondary N) is 1. The molecular formula is C19H27BN2O2. The van der Waals surface area contributed by atoms with E-state index in [2.05, 4.69) is 44.7 Å². The van der Waals surface area contributed by atoms with Gasteiger partial charge in [0.15, 0.2) is 0 Å². The van der Waals surface area contributed by atoms with Crippen LogP contribution in [0, 0.1) is 5.92 Å². The summed E-state index contributed by atoms with van der Waals surface area (Å²) < 4.78 is 12.2. The fourth-order valence-electron chi connectivity index (χ4n) is 2.65. The van der Waals surface area contributed by atoms with Gasteiger partial charge in [0.05, 0.1) is 16.9 Å². The first-order valence-corrected chi connectivity index (χ1v) is 8.69. The molecule has 0 aromatic heterocycles. The van der Waals surface area contributed by atoms with Gasteiger partial charge in [-0.15, -0.1) is 0 Å². The average molecular weight is 326 g/mol. The van der Waals surface area contributed by atoms with Crippen LogP contribution >= 0.6 is 0 Å². The predicted molar refractivity (Wildman–Crippen MR) is 100 cm³/mol. The highest BCUT2D eigenvalue weighted by Crippen LogP contribution is 2.36. The van der Waals surface area contributed by atoms with E-state index in [1.807, 2.05) is 30.5 Å². The molecule has 1 aliphatic carbocycles. The number of hydrogen-bond acceptors (Lipinski definition) is 4. The molecule has 0 unspecified atom stereocenters. The van der Waals surface area contributed by atoms with Gasteiger partial charge in [0, 0.05) is 18.3 Å². The Balaban J connectivity index is 1.69. The quantitative estimate of drug-likeness (QED) is 0.646. The van der Waals surface area contributed by atoms with Crippen LogP contribution in [0.1, 0.15) is 46.1 Å². The molecule has 1 aliphatic heterocycles. The van der Waals surface area contributed by atoms with Crippen LogP contribution in [-0.2, 0) is 9.31 Å². The van der Waals surface area contributed by atoms with Gasteiger partial charge in [0.25, 0.3) is 0 Å². The fraction of sp³-hybridized carbons (Fsp3) is 0.526. The molecule has 24 heavy (non-hydrogen) atoms. The third kappa shape index (κ3) is 3.57. The summed E-state index contributed by atoms with van der Waals surface area (Å²) in [5, 5.41) is 3.34. The Bertz CT molecular complexity index is 617. The van der Waals surface area contributed by atoms with Crippen molar-refractivity contribution in [2.75, 3.05) is 6.54 Å². The molecule has 2 fully saturated rings. The minimum absolute atomic E-state index is 0.323. The zero-order valence-corrected chi connectivity index (χ0v) is 15.1. The van der Waals surface area contributed by atoms with E-state index in [9.17, 15) is 0 Å². The van der Waals surface area contributed by atoms with Crippen LogP contribution in [-0.4, -0.2) is 31.6 Å². The Morgan fingerprint density at radius 3 is 2.29 bits per heavy atom. The standard InChI is InChI=1S/C19H27BN2O2/c1-18(2)19(3,4)24-20(23-18)16-10-8-15(9-11-16)17(21-5)13-22-12-14-6-7-14/h8-11,13-14,22H,5-7,12H2,1-4H3/b17-13-. The molecule has 1 aromatic carbocycles. The third-order valence-electron chi connectivity index (χ3n) is 5.24. The monoisotopic (exact) mass is 326 g/mol. The van der Waals surface area contributed by atoms with Gasteiger partial charge in [0.1, 0.15) is 0 Å². The number of aliphatic imine (C=N–C) groups is 1. The topological polar surface area (TPSA) is 42.9 Å². The predicted octanol–water partition coefficient (Wildman–Crippen LogP) is 2.98. The molecular weight excluding hydrogens is 299 g/mol. The fourth-order valence-corrected chi connectivity index (χ4v) is 2.65. The maximum Gasteiger partial charge on any atom is 0.494 e. The van der Waals surface area contributed by atoms with Crippen molar-refractivity contribution < 1.29 is 9.31 Å². The van der Waals surface area contributed by atoms with Gasteiger partial charge in [-0.25, -0.2) is 0 Å². The van der Waals surface area contributed by atoms with Crippen molar-refractivity contribution in [2.45, 2.75) is 51.7 Å². The molecule has 0 radical (unpaired) electrons. The van der Waals surface area contributed by atoms with Crippen molar-refractivity contribution in [3.8, 4) is 0 Å². The van der Waals surface area contributed by atoms with Gasteiger partial charge in [-0.05, 0) is 58.6 Å². The van der Waals surface area contributed by atoms with E-state index in [1.54, 1.807) is 0 Å². The number of benzene rings is 1. The van der Waals surface area contributed by atoms with Crippen molar-refractivity contribution >= 4 is 25.0 Å². The van der Waals surface area contributed by atoms with Crippen LogP contribution in [0.25, 0.3) is 5.70 Å². The average Bonchev–Trinajstić information content (AvgIpc) is 3.31.